The molecule has 0 aromatic carbocycles. The predicted molar refractivity (Wildman–Crippen MR) is 36.3 cm³/mol. The number of rotatable bonds is 1. The number of amides is 1. The number of H-pyrrole nitrogens is 1. The molecule has 0 aliphatic heterocycles. The molecule has 3 N–H and O–H groups in total. The largest absolute Gasteiger partial charge is 0.365 e. The van der Waals surface area contributed by atoms with Gasteiger partial charge in [0.1, 0.15) is 5.56 Å². The van der Waals surface area contributed by atoms with E-state index < -0.39 is 5.91 Å². The van der Waals surface area contributed by atoms with Crippen LogP contribution in [0.15, 0.2) is 18.3 Å². The van der Waals surface area contributed by atoms with Crippen molar-refractivity contribution in [2.45, 2.75) is 6.92 Å². The molecule has 0 fully saturated rings. The van der Waals surface area contributed by atoms with Crippen LogP contribution in [-0.4, -0.2) is 5.91 Å². The number of aromatic amines is 1. The summed E-state index contributed by atoms with van der Waals surface area (Å²) in [6.45, 7) is 1.81. The van der Waals surface area contributed by atoms with Gasteiger partial charge in [-0.05, 0) is 6.07 Å². The fraction of sp³-hybridized carbons (Fsp3) is 0.143. The van der Waals surface area contributed by atoms with Crippen LogP contribution in [0.5, 0.6) is 0 Å². The number of aryl methyl sites for hydroxylation is 1. The molecule has 10 heavy (non-hydrogen) atoms. The minimum absolute atomic E-state index is 0.394. The summed E-state index contributed by atoms with van der Waals surface area (Å²) in [5.74, 6) is -0.394. The zero-order valence-corrected chi connectivity index (χ0v) is 5.72. The summed E-state index contributed by atoms with van der Waals surface area (Å²) in [5.41, 5.74) is 6.40. The molecule has 0 aliphatic rings. The van der Waals surface area contributed by atoms with Crippen LogP contribution in [0, 0.1) is 6.92 Å². The van der Waals surface area contributed by atoms with Crippen molar-refractivity contribution in [1.29, 1.82) is 0 Å². The Kier molecular flexibility index (Phi) is 1.67. The lowest BCUT2D eigenvalue weighted by Crippen LogP contribution is -2.18. The van der Waals surface area contributed by atoms with E-state index in [1.165, 1.54) is 0 Å². The molecule has 0 bridgehead atoms. The minimum atomic E-state index is -0.394. The molecule has 3 heteroatoms. The van der Waals surface area contributed by atoms with E-state index in [-0.39, 0.29) is 0 Å². The Morgan fingerprint density at radius 1 is 1.70 bits per heavy atom. The first-order valence-corrected chi connectivity index (χ1v) is 2.99. The van der Waals surface area contributed by atoms with Gasteiger partial charge >= 0.3 is 0 Å². The normalized spacial score (nSPS) is 9.30. The van der Waals surface area contributed by atoms with Gasteiger partial charge in [0, 0.05) is 13.0 Å². The van der Waals surface area contributed by atoms with E-state index in [9.17, 15) is 4.79 Å². The number of carbonyl (C=O) groups excluding carboxylic acids is 1. The summed E-state index contributed by atoms with van der Waals surface area (Å²) >= 11 is 0. The van der Waals surface area contributed by atoms with Crippen molar-refractivity contribution in [3.63, 3.8) is 0 Å². The molecular weight excluding hydrogens is 128 g/mol. The third-order valence-electron chi connectivity index (χ3n) is 1.33. The molecule has 0 radical (unpaired) electrons. The molecule has 0 saturated carbocycles. The van der Waals surface area contributed by atoms with Crippen LogP contribution >= 0.6 is 0 Å². The second kappa shape index (κ2) is 2.47. The third-order valence-corrected chi connectivity index (χ3v) is 1.33. The van der Waals surface area contributed by atoms with Crippen LogP contribution < -0.4 is 10.7 Å². The Balaban J connectivity index is 3.15. The fourth-order valence-corrected chi connectivity index (χ4v) is 0.787. The number of hydrogen-bond donors (Lipinski definition) is 1. The van der Waals surface area contributed by atoms with E-state index in [0.29, 0.717) is 5.56 Å². The van der Waals surface area contributed by atoms with E-state index in [4.69, 9.17) is 5.73 Å². The highest BCUT2D eigenvalue weighted by Gasteiger charge is 2.07. The summed E-state index contributed by atoms with van der Waals surface area (Å²) in [7, 11) is 0. The molecule has 0 unspecified atom stereocenters. The molecule has 0 saturated heterocycles. The van der Waals surface area contributed by atoms with Crippen LogP contribution in [0.3, 0.4) is 0 Å². The Morgan fingerprint density at radius 2 is 2.40 bits per heavy atom. The van der Waals surface area contributed by atoms with Crippen molar-refractivity contribution in [1.82, 2.24) is 0 Å². The highest BCUT2D eigenvalue weighted by Crippen LogP contribution is 1.97. The number of nitrogens with two attached hydrogens (primary N) is 1. The highest BCUT2D eigenvalue weighted by molar-refractivity contribution is 5.93. The van der Waals surface area contributed by atoms with E-state index in [1.807, 2.05) is 0 Å². The van der Waals surface area contributed by atoms with Crippen LogP contribution in [-0.2, 0) is 0 Å². The van der Waals surface area contributed by atoms with E-state index >= 15 is 0 Å². The molecule has 1 aromatic rings. The van der Waals surface area contributed by atoms with Gasteiger partial charge < -0.3 is 5.73 Å². The fourth-order valence-electron chi connectivity index (χ4n) is 0.787. The lowest BCUT2D eigenvalue weighted by atomic mass is 10.2. The van der Waals surface area contributed by atoms with E-state index in [2.05, 4.69) is 4.98 Å². The molecule has 0 atom stereocenters. The maximum atomic E-state index is 10.6. The van der Waals surface area contributed by atoms with Crippen molar-refractivity contribution in [2.24, 2.45) is 5.73 Å². The van der Waals surface area contributed by atoms with Crippen LogP contribution in [0.4, 0.5) is 0 Å². The molecule has 0 aliphatic carbocycles. The van der Waals surface area contributed by atoms with E-state index in [1.54, 1.807) is 25.3 Å². The van der Waals surface area contributed by atoms with Crippen molar-refractivity contribution in [3.05, 3.63) is 29.6 Å². The standard InChI is InChI=1S/C7H8N2O/c1-5-6(7(8)10)3-2-4-9-5/h2-4H,1H3,(H2,8,10)/p+1. The van der Waals surface area contributed by atoms with Gasteiger partial charge in [-0.2, -0.15) is 0 Å². The van der Waals surface area contributed by atoms with Crippen LogP contribution in [0.1, 0.15) is 16.1 Å². The smallest absolute Gasteiger partial charge is 0.255 e. The van der Waals surface area contributed by atoms with Crippen molar-refractivity contribution < 1.29 is 9.78 Å². The second-order valence-corrected chi connectivity index (χ2v) is 2.07. The lowest BCUT2D eigenvalue weighted by Gasteiger charge is -1.91. The van der Waals surface area contributed by atoms with E-state index in [0.717, 1.165) is 5.69 Å². The van der Waals surface area contributed by atoms with Gasteiger partial charge in [-0.25, -0.2) is 4.98 Å². The summed E-state index contributed by atoms with van der Waals surface area (Å²) in [5, 5.41) is 0. The first kappa shape index (κ1) is 6.74. The number of nitrogens with one attached hydrogen (secondary N) is 1. The zero-order valence-electron chi connectivity index (χ0n) is 5.72. The summed E-state index contributed by atoms with van der Waals surface area (Å²) in [4.78, 5) is 13.5. The van der Waals surface area contributed by atoms with Gasteiger partial charge in [0.15, 0.2) is 11.9 Å². The molecule has 1 rings (SSSR count). The van der Waals surface area contributed by atoms with Crippen molar-refractivity contribution in [3.8, 4) is 0 Å². The maximum Gasteiger partial charge on any atom is 0.255 e. The second-order valence-electron chi connectivity index (χ2n) is 2.07. The Bertz CT molecular complexity index is 258. The molecule has 52 valence electrons. The van der Waals surface area contributed by atoms with Gasteiger partial charge in [-0.15, -0.1) is 0 Å². The summed E-state index contributed by atoms with van der Waals surface area (Å²) in [6, 6.07) is 3.43. The van der Waals surface area contributed by atoms with Gasteiger partial charge in [-0.1, -0.05) is 0 Å². The minimum Gasteiger partial charge on any atom is -0.365 e. The van der Waals surface area contributed by atoms with Crippen molar-refractivity contribution in [2.75, 3.05) is 0 Å². The van der Waals surface area contributed by atoms with Gasteiger partial charge in [0.2, 0.25) is 0 Å². The quantitative estimate of drug-likeness (QED) is 0.577. The summed E-state index contributed by atoms with van der Waals surface area (Å²) < 4.78 is 0. The molecule has 3 nitrogen and oxygen atoms in total. The van der Waals surface area contributed by atoms with Crippen LogP contribution in [0.25, 0.3) is 0 Å². The third kappa shape index (κ3) is 1.13. The number of hydrogen-bond acceptors (Lipinski definition) is 1. The molecule has 0 spiro atoms. The SMILES string of the molecule is Cc1[nH+]cccc1C(N)=O. The zero-order chi connectivity index (χ0) is 7.56. The maximum absolute atomic E-state index is 10.6. The van der Waals surface area contributed by atoms with Gasteiger partial charge in [-0.3, -0.25) is 4.79 Å². The van der Waals surface area contributed by atoms with Gasteiger partial charge in [0.05, 0.1) is 0 Å². The first-order chi connectivity index (χ1) is 4.72. The number of primary amides is 1. The Hall–Kier alpha value is -1.38. The Morgan fingerprint density at radius 3 is 2.80 bits per heavy atom. The van der Waals surface area contributed by atoms with Crippen LogP contribution in [0.2, 0.25) is 0 Å². The average molecular weight is 137 g/mol. The summed E-state index contributed by atoms with van der Waals surface area (Å²) in [6.07, 6.45) is 1.75. The molecular formula is C7H9N2O+. The van der Waals surface area contributed by atoms with Gasteiger partial charge in [0.25, 0.3) is 5.91 Å². The lowest BCUT2D eigenvalue weighted by molar-refractivity contribution is -0.387. The number of carbonyl (C=O) groups is 1. The highest BCUT2D eigenvalue weighted by atomic mass is 16.1. The predicted octanol–water partition coefficient (Wildman–Crippen LogP) is -0.0920. The monoisotopic (exact) mass is 137 g/mol. The molecule has 1 heterocycles. The number of pyridine rings is 1. The molecule has 1 aromatic heterocycles. The topological polar surface area (TPSA) is 57.2 Å². The Labute approximate surface area is 58.9 Å². The molecule has 1 amide bonds. The van der Waals surface area contributed by atoms with Crippen molar-refractivity contribution >= 4 is 5.91 Å². The average Bonchev–Trinajstić information content (AvgIpc) is 1.88. The first-order valence-electron chi connectivity index (χ1n) is 2.99. The number of aromatic nitrogens is 1.